The summed E-state index contributed by atoms with van der Waals surface area (Å²) in [4.78, 5) is 27.9. The first-order valence-corrected chi connectivity index (χ1v) is 14.8. The highest BCUT2D eigenvalue weighted by molar-refractivity contribution is 7.98. The number of hydrogen-bond donors (Lipinski definition) is 2. The smallest absolute Gasteiger partial charge is 0.252 e. The Bertz CT molecular complexity index is 1690. The Morgan fingerprint density at radius 2 is 1.69 bits per heavy atom. The van der Waals surface area contributed by atoms with Crippen LogP contribution in [0.4, 0.5) is 0 Å². The molecule has 0 fully saturated rings. The second-order valence-electron chi connectivity index (χ2n) is 9.89. The molecule has 2 N–H and O–H groups in total. The Morgan fingerprint density at radius 3 is 2.36 bits per heavy atom. The Labute approximate surface area is 249 Å². The maximum Gasteiger partial charge on any atom is 0.252 e. The Hall–Kier alpha value is -4.27. The third kappa shape index (κ3) is 5.35. The van der Waals surface area contributed by atoms with Crippen LogP contribution in [0.15, 0.2) is 82.5 Å². The minimum atomic E-state index is -0.488. The van der Waals surface area contributed by atoms with Gasteiger partial charge in [-0.2, -0.15) is 0 Å². The number of thioether (sulfide) groups is 1. The van der Waals surface area contributed by atoms with Gasteiger partial charge < -0.3 is 24.6 Å². The fraction of sp³-hybridized carbons (Fsp3) is 0.235. The lowest BCUT2D eigenvalue weighted by molar-refractivity contribution is 0.0935. The summed E-state index contributed by atoms with van der Waals surface area (Å²) in [6, 6.07) is 21.7. The third-order valence-electron chi connectivity index (χ3n) is 7.65. The number of carbonyl (C=O) groups excluding carboxylic acids is 1. The van der Waals surface area contributed by atoms with Crippen molar-refractivity contribution in [2.75, 3.05) is 27.6 Å². The first-order valence-electron chi connectivity index (χ1n) is 13.6. The van der Waals surface area contributed by atoms with E-state index in [9.17, 15) is 14.7 Å². The van der Waals surface area contributed by atoms with Crippen molar-refractivity contribution in [1.29, 1.82) is 0 Å². The molecule has 0 bridgehead atoms. The number of carbonyl (C=O) groups is 1. The molecule has 0 aliphatic heterocycles. The summed E-state index contributed by atoms with van der Waals surface area (Å²) in [5.74, 6) is 1.21. The SMILES string of the molecule is COc1cc2c(c(OC)c1OC)-c1ccc(SC)c(=O)cc1[C@@H](NC(=O)c1cccc(CO)c1-c1ccccc1)CC2. The van der Waals surface area contributed by atoms with Gasteiger partial charge in [-0.05, 0) is 76.7 Å². The Kier molecular flexibility index (Phi) is 8.85. The average molecular weight is 584 g/mol. The monoisotopic (exact) mass is 583 g/mol. The molecule has 0 heterocycles. The molecule has 0 saturated heterocycles. The van der Waals surface area contributed by atoms with Crippen LogP contribution in [0, 0.1) is 0 Å². The Balaban J connectivity index is 1.68. The van der Waals surface area contributed by atoms with Gasteiger partial charge >= 0.3 is 0 Å². The van der Waals surface area contributed by atoms with Crippen molar-refractivity contribution in [3.8, 4) is 39.5 Å². The van der Waals surface area contributed by atoms with Gasteiger partial charge in [0.2, 0.25) is 5.75 Å². The van der Waals surface area contributed by atoms with Gasteiger partial charge in [0.05, 0.1) is 38.9 Å². The highest BCUT2D eigenvalue weighted by Crippen LogP contribution is 2.50. The quantitative estimate of drug-likeness (QED) is 0.244. The molecule has 5 rings (SSSR count). The predicted molar refractivity (Wildman–Crippen MR) is 166 cm³/mol. The first-order chi connectivity index (χ1) is 20.4. The van der Waals surface area contributed by atoms with E-state index in [1.807, 2.05) is 60.9 Å². The topological polar surface area (TPSA) is 94.1 Å². The molecule has 0 spiro atoms. The maximum absolute atomic E-state index is 14.0. The molecular formula is C34H33NO6S. The van der Waals surface area contributed by atoms with Gasteiger partial charge in [-0.25, -0.2) is 0 Å². The summed E-state index contributed by atoms with van der Waals surface area (Å²) in [7, 11) is 4.72. The van der Waals surface area contributed by atoms with Gasteiger partial charge in [-0.15, -0.1) is 11.8 Å². The summed E-state index contributed by atoms with van der Waals surface area (Å²) in [6.07, 6.45) is 2.98. The highest BCUT2D eigenvalue weighted by atomic mass is 32.2. The van der Waals surface area contributed by atoms with Crippen LogP contribution in [0.2, 0.25) is 0 Å². The number of hydrogen-bond acceptors (Lipinski definition) is 7. The van der Waals surface area contributed by atoms with E-state index in [1.54, 1.807) is 39.5 Å². The summed E-state index contributed by atoms with van der Waals surface area (Å²) in [5.41, 5.74) is 5.72. The second kappa shape index (κ2) is 12.7. The lowest BCUT2D eigenvalue weighted by Crippen LogP contribution is -2.29. The second-order valence-corrected chi connectivity index (χ2v) is 10.7. The number of ether oxygens (including phenoxy) is 3. The summed E-state index contributed by atoms with van der Waals surface area (Å²) in [6.45, 7) is -0.205. The largest absolute Gasteiger partial charge is 0.493 e. The zero-order valence-electron chi connectivity index (χ0n) is 24.0. The van der Waals surface area contributed by atoms with E-state index in [0.717, 1.165) is 22.3 Å². The number of rotatable bonds is 8. The number of nitrogens with one attached hydrogen (secondary N) is 1. The van der Waals surface area contributed by atoms with E-state index < -0.39 is 6.04 Å². The van der Waals surface area contributed by atoms with E-state index in [2.05, 4.69) is 5.32 Å². The lowest BCUT2D eigenvalue weighted by Gasteiger charge is -2.21. The number of methoxy groups -OCH3 is 3. The number of aliphatic hydroxyl groups is 1. The minimum absolute atomic E-state index is 0.127. The molecule has 0 saturated carbocycles. The zero-order chi connectivity index (χ0) is 29.8. The molecular weight excluding hydrogens is 550 g/mol. The molecule has 42 heavy (non-hydrogen) atoms. The van der Waals surface area contributed by atoms with Crippen LogP contribution in [0.1, 0.15) is 39.5 Å². The zero-order valence-corrected chi connectivity index (χ0v) is 24.8. The number of fused-ring (bicyclic) bond motifs is 3. The van der Waals surface area contributed by atoms with Crippen molar-refractivity contribution in [3.05, 3.63) is 105 Å². The van der Waals surface area contributed by atoms with Crippen LogP contribution in [0.25, 0.3) is 22.3 Å². The molecule has 1 amide bonds. The van der Waals surface area contributed by atoms with Gasteiger partial charge in [0.25, 0.3) is 5.91 Å². The lowest BCUT2D eigenvalue weighted by atomic mass is 9.93. The molecule has 1 aliphatic rings. The van der Waals surface area contributed by atoms with Gasteiger partial charge in [0, 0.05) is 11.1 Å². The van der Waals surface area contributed by atoms with E-state index >= 15 is 0 Å². The van der Waals surface area contributed by atoms with Crippen LogP contribution in [-0.2, 0) is 13.0 Å². The van der Waals surface area contributed by atoms with E-state index in [0.29, 0.717) is 57.2 Å². The molecule has 1 atom stereocenters. The van der Waals surface area contributed by atoms with Gasteiger partial charge in [0.1, 0.15) is 0 Å². The summed E-state index contributed by atoms with van der Waals surface area (Å²) in [5, 5.41) is 13.3. The average Bonchev–Trinajstić information content (AvgIpc) is 3.27. The molecule has 1 aliphatic carbocycles. The molecule has 8 heteroatoms. The number of aliphatic hydroxyl groups excluding tert-OH is 1. The van der Waals surface area contributed by atoms with Crippen LogP contribution in [0.3, 0.4) is 0 Å². The predicted octanol–water partition coefficient (Wildman–Crippen LogP) is 6.04. The maximum atomic E-state index is 14.0. The highest BCUT2D eigenvalue weighted by Gasteiger charge is 2.30. The number of aryl methyl sites for hydroxylation is 1. The summed E-state index contributed by atoms with van der Waals surface area (Å²) >= 11 is 1.37. The van der Waals surface area contributed by atoms with Crippen LogP contribution in [-0.4, -0.2) is 38.6 Å². The van der Waals surface area contributed by atoms with Crippen molar-refractivity contribution < 1.29 is 24.1 Å². The van der Waals surface area contributed by atoms with Gasteiger partial charge in [-0.3, -0.25) is 9.59 Å². The summed E-state index contributed by atoms with van der Waals surface area (Å²) < 4.78 is 17.2. The van der Waals surface area contributed by atoms with Crippen molar-refractivity contribution in [3.63, 3.8) is 0 Å². The third-order valence-corrected chi connectivity index (χ3v) is 8.43. The van der Waals surface area contributed by atoms with Gasteiger partial charge in [0.15, 0.2) is 16.9 Å². The fourth-order valence-corrected chi connectivity index (χ4v) is 6.18. The van der Waals surface area contributed by atoms with Crippen molar-refractivity contribution in [2.45, 2.75) is 30.4 Å². The first kappa shape index (κ1) is 29.2. The standard InChI is InChI=1S/C34H33NO6S/c1-39-28-17-21-13-15-26(35-34(38)24-12-8-11-22(19-36)30(24)20-9-6-5-7-10-20)25-18-27(37)29(42-4)16-14-23(25)31(21)33(41-3)32(28)40-2/h5-12,14,16-18,26,36H,13,15,19H2,1-4H3,(H,35,38)/t26-/m0/s1. The number of amides is 1. The molecule has 0 unspecified atom stereocenters. The van der Waals surface area contributed by atoms with E-state index in [-0.39, 0.29) is 17.9 Å². The van der Waals surface area contributed by atoms with Crippen LogP contribution < -0.4 is 25.0 Å². The van der Waals surface area contributed by atoms with Crippen molar-refractivity contribution >= 4 is 17.7 Å². The van der Waals surface area contributed by atoms with Crippen molar-refractivity contribution in [1.82, 2.24) is 5.32 Å². The molecule has 4 aromatic carbocycles. The molecule has 0 aromatic heterocycles. The van der Waals surface area contributed by atoms with E-state index in [4.69, 9.17) is 14.2 Å². The molecule has 216 valence electrons. The minimum Gasteiger partial charge on any atom is -0.493 e. The van der Waals surface area contributed by atoms with Crippen LogP contribution >= 0.6 is 11.8 Å². The Morgan fingerprint density at radius 1 is 0.929 bits per heavy atom. The van der Waals surface area contributed by atoms with Gasteiger partial charge in [-0.1, -0.05) is 48.5 Å². The molecule has 7 nitrogen and oxygen atoms in total. The van der Waals surface area contributed by atoms with E-state index in [1.165, 1.54) is 11.8 Å². The van der Waals surface area contributed by atoms with Crippen molar-refractivity contribution in [2.24, 2.45) is 0 Å². The van der Waals surface area contributed by atoms with Crippen LogP contribution in [0.5, 0.6) is 17.2 Å². The normalized spacial score (nSPS) is 13.8. The molecule has 0 radical (unpaired) electrons. The number of benzene rings is 3. The molecule has 4 aromatic rings. The fourth-order valence-electron chi connectivity index (χ4n) is 5.72.